The Balaban J connectivity index is 0.00000220. The smallest absolute Gasteiger partial charge is 0.240 e. The predicted octanol–water partition coefficient (Wildman–Crippen LogP) is 1.30. The van der Waals surface area contributed by atoms with Gasteiger partial charge in [0.2, 0.25) is 11.8 Å². The number of likely N-dealkylation sites (tertiary alicyclic amines) is 1. The van der Waals surface area contributed by atoms with Crippen LogP contribution in [-0.4, -0.2) is 42.4 Å². The van der Waals surface area contributed by atoms with Crippen LogP contribution in [0.3, 0.4) is 0 Å². The van der Waals surface area contributed by atoms with E-state index in [0.29, 0.717) is 24.8 Å². The van der Waals surface area contributed by atoms with Crippen molar-refractivity contribution in [1.29, 1.82) is 0 Å². The minimum absolute atomic E-state index is 0. The number of carbonyl (C=O) groups excluding carboxylic acids is 2. The quantitative estimate of drug-likeness (QED) is 0.820. The van der Waals surface area contributed by atoms with Gasteiger partial charge in [-0.25, -0.2) is 0 Å². The van der Waals surface area contributed by atoms with Crippen LogP contribution in [0.1, 0.15) is 45.4 Å². The molecule has 2 fully saturated rings. The molecule has 122 valence electrons. The van der Waals surface area contributed by atoms with Crippen molar-refractivity contribution in [1.82, 2.24) is 10.2 Å². The van der Waals surface area contributed by atoms with Crippen molar-refractivity contribution < 1.29 is 9.59 Å². The van der Waals surface area contributed by atoms with Crippen molar-refractivity contribution in [2.75, 3.05) is 19.6 Å². The molecule has 2 aliphatic rings. The molecule has 3 unspecified atom stereocenters. The average Bonchev–Trinajstić information content (AvgIpc) is 2.48. The zero-order valence-electron chi connectivity index (χ0n) is 12.8. The number of nitrogens with one attached hydrogen (secondary N) is 1. The van der Waals surface area contributed by atoms with Gasteiger partial charge in [0.1, 0.15) is 6.04 Å². The van der Waals surface area contributed by atoms with E-state index in [0.717, 1.165) is 32.4 Å². The number of carbonyl (C=O) groups is 2. The molecule has 5 nitrogen and oxygen atoms in total. The number of nitrogens with zero attached hydrogens (tertiary/aromatic N) is 1. The molecule has 2 heterocycles. The van der Waals surface area contributed by atoms with Crippen molar-refractivity contribution in [2.24, 2.45) is 17.6 Å². The van der Waals surface area contributed by atoms with Crippen molar-refractivity contribution in [3.8, 4) is 0 Å². The fourth-order valence-electron chi connectivity index (χ4n) is 3.45. The Kier molecular flexibility index (Phi) is 7.46. The highest BCUT2D eigenvalue weighted by molar-refractivity contribution is 5.87. The maximum absolute atomic E-state index is 12.5. The summed E-state index contributed by atoms with van der Waals surface area (Å²) in [6.07, 6.45) is 5.61. The van der Waals surface area contributed by atoms with Crippen LogP contribution >= 0.6 is 12.4 Å². The molecule has 0 aromatic carbocycles. The van der Waals surface area contributed by atoms with Crippen molar-refractivity contribution in [3.63, 3.8) is 0 Å². The molecule has 0 aliphatic carbocycles. The van der Waals surface area contributed by atoms with E-state index in [2.05, 4.69) is 12.2 Å². The second-order valence-electron chi connectivity index (χ2n) is 6.29. The number of amides is 2. The van der Waals surface area contributed by atoms with Crippen LogP contribution in [0.4, 0.5) is 0 Å². The van der Waals surface area contributed by atoms with E-state index < -0.39 is 0 Å². The first-order chi connectivity index (χ1) is 9.59. The number of hydrogen-bond acceptors (Lipinski definition) is 3. The first kappa shape index (κ1) is 18.2. The Bertz CT molecular complexity index is 359. The number of nitrogens with two attached hydrogens (primary N) is 1. The van der Waals surface area contributed by atoms with Crippen molar-refractivity contribution >= 4 is 24.2 Å². The fraction of sp³-hybridized carbons (Fsp3) is 0.867. The summed E-state index contributed by atoms with van der Waals surface area (Å²) in [4.78, 5) is 25.7. The van der Waals surface area contributed by atoms with Crippen LogP contribution in [0.2, 0.25) is 0 Å². The first-order valence-electron chi connectivity index (χ1n) is 7.89. The van der Waals surface area contributed by atoms with Gasteiger partial charge in [-0.3, -0.25) is 9.59 Å². The highest BCUT2D eigenvalue weighted by Crippen LogP contribution is 2.25. The Morgan fingerprint density at radius 2 is 2.05 bits per heavy atom. The second-order valence-corrected chi connectivity index (χ2v) is 6.29. The lowest BCUT2D eigenvalue weighted by molar-refractivity contribution is -0.142. The molecule has 2 amide bonds. The summed E-state index contributed by atoms with van der Waals surface area (Å²) in [6.45, 7) is 4.93. The molecular weight excluding hydrogens is 290 g/mol. The van der Waals surface area contributed by atoms with Gasteiger partial charge < -0.3 is 16.0 Å². The third-order valence-corrected chi connectivity index (χ3v) is 4.79. The molecule has 0 bridgehead atoms. The summed E-state index contributed by atoms with van der Waals surface area (Å²) < 4.78 is 0. The lowest BCUT2D eigenvalue weighted by atomic mass is 9.85. The zero-order chi connectivity index (χ0) is 14.5. The fourth-order valence-corrected chi connectivity index (χ4v) is 3.45. The lowest BCUT2D eigenvalue weighted by Crippen LogP contribution is -2.51. The number of hydrogen-bond donors (Lipinski definition) is 2. The Morgan fingerprint density at radius 3 is 2.67 bits per heavy atom. The Labute approximate surface area is 133 Å². The molecule has 6 heteroatoms. The van der Waals surface area contributed by atoms with Gasteiger partial charge >= 0.3 is 0 Å². The monoisotopic (exact) mass is 317 g/mol. The molecule has 0 spiro atoms. The van der Waals surface area contributed by atoms with Gasteiger partial charge in [0, 0.05) is 13.0 Å². The third-order valence-electron chi connectivity index (χ3n) is 4.79. The third kappa shape index (κ3) is 4.85. The summed E-state index contributed by atoms with van der Waals surface area (Å²) in [7, 11) is 0. The van der Waals surface area contributed by atoms with Crippen LogP contribution in [0.15, 0.2) is 0 Å². The van der Waals surface area contributed by atoms with E-state index in [9.17, 15) is 9.59 Å². The normalized spacial score (nSPS) is 27.6. The summed E-state index contributed by atoms with van der Waals surface area (Å²) >= 11 is 0. The maximum atomic E-state index is 12.5. The van der Waals surface area contributed by atoms with E-state index in [4.69, 9.17) is 5.73 Å². The van der Waals surface area contributed by atoms with Crippen LogP contribution in [0.25, 0.3) is 0 Å². The Hall–Kier alpha value is -0.810. The maximum Gasteiger partial charge on any atom is 0.240 e. The lowest BCUT2D eigenvalue weighted by Gasteiger charge is -2.35. The molecule has 0 saturated carbocycles. The van der Waals surface area contributed by atoms with Crippen LogP contribution in [0.5, 0.6) is 0 Å². The number of halogens is 1. The van der Waals surface area contributed by atoms with E-state index in [1.165, 1.54) is 12.8 Å². The highest BCUT2D eigenvalue weighted by atomic mass is 35.5. The summed E-state index contributed by atoms with van der Waals surface area (Å²) in [5.41, 5.74) is 5.43. The molecule has 3 atom stereocenters. The number of piperidine rings is 2. The Morgan fingerprint density at radius 1 is 1.29 bits per heavy atom. The summed E-state index contributed by atoms with van der Waals surface area (Å²) in [5, 5.41) is 3.40. The molecule has 0 radical (unpaired) electrons. The molecule has 2 rings (SSSR count). The van der Waals surface area contributed by atoms with E-state index in [1.807, 2.05) is 0 Å². The van der Waals surface area contributed by atoms with Crippen LogP contribution in [0, 0.1) is 11.8 Å². The topological polar surface area (TPSA) is 75.4 Å². The highest BCUT2D eigenvalue weighted by Gasteiger charge is 2.32. The molecule has 3 N–H and O–H groups in total. The van der Waals surface area contributed by atoms with Crippen LogP contribution < -0.4 is 11.1 Å². The van der Waals surface area contributed by atoms with Crippen molar-refractivity contribution in [2.45, 2.75) is 51.5 Å². The summed E-state index contributed by atoms with van der Waals surface area (Å²) in [6, 6.07) is -0.382. The van der Waals surface area contributed by atoms with E-state index >= 15 is 0 Å². The van der Waals surface area contributed by atoms with Crippen LogP contribution in [-0.2, 0) is 9.59 Å². The zero-order valence-corrected chi connectivity index (χ0v) is 13.7. The SMILES string of the molecule is CC(CC(=O)N1CCCCC1C(N)=O)C1CCCNC1.Cl. The molecule has 0 aromatic heterocycles. The van der Waals surface area contributed by atoms with Gasteiger partial charge in [-0.2, -0.15) is 0 Å². The van der Waals surface area contributed by atoms with E-state index in [-0.39, 0.29) is 30.3 Å². The minimum atomic E-state index is -0.382. The standard InChI is InChI=1S/C15H27N3O2.ClH/c1-11(12-5-4-7-17-10-12)9-14(19)18-8-3-2-6-13(18)15(16)20;/h11-13,17H,2-10H2,1H3,(H2,16,20);1H. The van der Waals surface area contributed by atoms with Gasteiger partial charge in [0.15, 0.2) is 0 Å². The minimum Gasteiger partial charge on any atom is -0.368 e. The molecule has 2 saturated heterocycles. The van der Waals surface area contributed by atoms with Gasteiger partial charge in [0.05, 0.1) is 0 Å². The number of rotatable bonds is 4. The largest absolute Gasteiger partial charge is 0.368 e. The molecule has 2 aliphatic heterocycles. The second kappa shape index (κ2) is 8.59. The van der Waals surface area contributed by atoms with Gasteiger partial charge in [-0.05, 0) is 57.0 Å². The van der Waals surface area contributed by atoms with Gasteiger partial charge in [0.25, 0.3) is 0 Å². The number of primary amides is 1. The first-order valence-corrected chi connectivity index (χ1v) is 7.89. The predicted molar refractivity (Wildman–Crippen MR) is 85.2 cm³/mol. The van der Waals surface area contributed by atoms with E-state index in [1.54, 1.807) is 4.90 Å². The molecular formula is C15H28ClN3O2. The average molecular weight is 318 g/mol. The van der Waals surface area contributed by atoms with Gasteiger partial charge in [-0.15, -0.1) is 12.4 Å². The van der Waals surface area contributed by atoms with Crippen molar-refractivity contribution in [3.05, 3.63) is 0 Å². The van der Waals surface area contributed by atoms with Gasteiger partial charge in [-0.1, -0.05) is 6.92 Å². The molecule has 21 heavy (non-hydrogen) atoms. The molecule has 0 aromatic rings. The summed E-state index contributed by atoms with van der Waals surface area (Å²) in [5.74, 6) is 0.687.